The van der Waals surface area contributed by atoms with Crippen LogP contribution in [0.5, 0.6) is 0 Å². The quantitative estimate of drug-likeness (QED) is 0.834. The third-order valence-electron chi connectivity index (χ3n) is 5.72. The monoisotopic (exact) mass is 371 g/mol. The van der Waals surface area contributed by atoms with Crippen LogP contribution in [0.15, 0.2) is 24.3 Å². The largest absolute Gasteiger partial charge is 0.354 e. The van der Waals surface area contributed by atoms with E-state index < -0.39 is 12.0 Å². The van der Waals surface area contributed by atoms with Gasteiger partial charge in [-0.05, 0) is 43.2 Å². The van der Waals surface area contributed by atoms with Crippen LogP contribution in [0, 0.1) is 5.92 Å². The predicted molar refractivity (Wildman–Crippen MR) is 104 cm³/mol. The molecule has 0 radical (unpaired) electrons. The molecule has 0 aromatic heterocycles. The maximum absolute atomic E-state index is 12.7. The zero-order valence-electron chi connectivity index (χ0n) is 16.2. The summed E-state index contributed by atoms with van der Waals surface area (Å²) in [7, 11) is 0. The van der Waals surface area contributed by atoms with Gasteiger partial charge in [-0.3, -0.25) is 14.4 Å². The number of hydrogen-bond donors (Lipinski definition) is 2. The van der Waals surface area contributed by atoms with Gasteiger partial charge >= 0.3 is 0 Å². The molecule has 0 unspecified atom stereocenters. The van der Waals surface area contributed by atoms with Gasteiger partial charge in [0.2, 0.25) is 17.7 Å². The first kappa shape index (κ1) is 19.4. The van der Waals surface area contributed by atoms with Crippen molar-refractivity contribution in [2.75, 3.05) is 18.0 Å². The lowest BCUT2D eigenvalue weighted by Gasteiger charge is -2.23. The van der Waals surface area contributed by atoms with Crippen molar-refractivity contribution in [2.24, 2.45) is 5.92 Å². The summed E-state index contributed by atoms with van der Waals surface area (Å²) >= 11 is 0. The van der Waals surface area contributed by atoms with Crippen LogP contribution in [0.1, 0.15) is 57.4 Å². The fourth-order valence-electron chi connectivity index (χ4n) is 3.85. The Labute approximate surface area is 160 Å². The molecule has 6 heteroatoms. The van der Waals surface area contributed by atoms with E-state index in [0.717, 1.165) is 30.5 Å². The van der Waals surface area contributed by atoms with Gasteiger partial charge in [0.05, 0.1) is 5.92 Å². The minimum atomic E-state index is -0.489. The van der Waals surface area contributed by atoms with Crippen molar-refractivity contribution in [3.63, 3.8) is 0 Å². The Morgan fingerprint density at radius 2 is 2.07 bits per heavy atom. The highest BCUT2D eigenvalue weighted by Gasteiger charge is 2.37. The van der Waals surface area contributed by atoms with Crippen molar-refractivity contribution in [1.29, 1.82) is 0 Å². The number of carbonyl (C=O) groups excluding carboxylic acids is 3. The van der Waals surface area contributed by atoms with Gasteiger partial charge in [-0.25, -0.2) is 0 Å². The van der Waals surface area contributed by atoms with E-state index in [0.29, 0.717) is 25.4 Å². The first-order valence-electron chi connectivity index (χ1n) is 9.98. The highest BCUT2D eigenvalue weighted by atomic mass is 16.2. The molecule has 27 heavy (non-hydrogen) atoms. The topological polar surface area (TPSA) is 78.5 Å². The maximum Gasteiger partial charge on any atom is 0.242 e. The summed E-state index contributed by atoms with van der Waals surface area (Å²) in [5, 5.41) is 5.69. The smallest absolute Gasteiger partial charge is 0.242 e. The van der Waals surface area contributed by atoms with E-state index in [1.54, 1.807) is 4.90 Å². The van der Waals surface area contributed by atoms with Crippen LogP contribution < -0.4 is 15.5 Å². The van der Waals surface area contributed by atoms with Crippen LogP contribution in [0.4, 0.5) is 5.69 Å². The summed E-state index contributed by atoms with van der Waals surface area (Å²) in [6.07, 6.45) is 3.66. The minimum Gasteiger partial charge on any atom is -0.354 e. The average molecular weight is 371 g/mol. The van der Waals surface area contributed by atoms with Crippen LogP contribution in [-0.2, 0) is 14.4 Å². The molecule has 3 amide bonds. The SMILES string of the molecule is CC[C@H](C)c1ccccc1N1C[C@@H](C(=O)N[C@H]2CCCCNC2=O)CC1=O. The number of amides is 3. The molecule has 6 nitrogen and oxygen atoms in total. The van der Waals surface area contributed by atoms with E-state index in [9.17, 15) is 14.4 Å². The summed E-state index contributed by atoms with van der Waals surface area (Å²) in [4.78, 5) is 39.1. The highest BCUT2D eigenvalue weighted by molar-refractivity contribution is 6.01. The van der Waals surface area contributed by atoms with Gasteiger partial charge < -0.3 is 15.5 Å². The number of anilines is 1. The van der Waals surface area contributed by atoms with E-state index in [4.69, 9.17) is 0 Å². The molecular weight excluding hydrogens is 342 g/mol. The average Bonchev–Trinajstić information content (AvgIpc) is 2.96. The highest BCUT2D eigenvalue weighted by Crippen LogP contribution is 2.33. The molecule has 3 rings (SSSR count). The Morgan fingerprint density at radius 3 is 2.85 bits per heavy atom. The first-order valence-corrected chi connectivity index (χ1v) is 9.98. The second kappa shape index (κ2) is 8.55. The molecule has 2 N–H and O–H groups in total. The van der Waals surface area contributed by atoms with Crippen molar-refractivity contribution >= 4 is 23.4 Å². The number of nitrogens with one attached hydrogen (secondary N) is 2. The van der Waals surface area contributed by atoms with Gasteiger partial charge in [0.1, 0.15) is 6.04 Å². The Hall–Kier alpha value is -2.37. The third kappa shape index (κ3) is 4.31. The van der Waals surface area contributed by atoms with Gasteiger partial charge in [-0.2, -0.15) is 0 Å². The zero-order chi connectivity index (χ0) is 19.4. The molecule has 2 aliphatic rings. The molecule has 2 fully saturated rings. The van der Waals surface area contributed by atoms with E-state index in [2.05, 4.69) is 30.5 Å². The lowest BCUT2D eigenvalue weighted by molar-refractivity contribution is -0.131. The lowest BCUT2D eigenvalue weighted by Crippen LogP contribution is -2.47. The zero-order valence-corrected chi connectivity index (χ0v) is 16.2. The van der Waals surface area contributed by atoms with Crippen LogP contribution in [0.2, 0.25) is 0 Å². The molecule has 1 aromatic rings. The number of carbonyl (C=O) groups is 3. The van der Waals surface area contributed by atoms with Gasteiger partial charge in [0.25, 0.3) is 0 Å². The third-order valence-corrected chi connectivity index (χ3v) is 5.72. The summed E-state index contributed by atoms with van der Waals surface area (Å²) in [6, 6.07) is 7.44. The fourth-order valence-corrected chi connectivity index (χ4v) is 3.85. The van der Waals surface area contributed by atoms with Crippen LogP contribution in [-0.4, -0.2) is 36.9 Å². The van der Waals surface area contributed by atoms with Crippen molar-refractivity contribution in [1.82, 2.24) is 10.6 Å². The molecule has 146 valence electrons. The Morgan fingerprint density at radius 1 is 1.30 bits per heavy atom. The molecule has 2 saturated heterocycles. The number of hydrogen-bond acceptors (Lipinski definition) is 3. The summed E-state index contributed by atoms with van der Waals surface area (Å²) in [5.74, 6) is -0.426. The van der Waals surface area contributed by atoms with E-state index in [1.807, 2.05) is 18.2 Å². The molecule has 2 aliphatic heterocycles. The van der Waals surface area contributed by atoms with Gasteiger partial charge in [-0.15, -0.1) is 0 Å². The van der Waals surface area contributed by atoms with Crippen LogP contribution >= 0.6 is 0 Å². The second-order valence-corrected chi connectivity index (χ2v) is 7.62. The van der Waals surface area contributed by atoms with Crippen LogP contribution in [0.25, 0.3) is 0 Å². The Kier molecular flexibility index (Phi) is 6.14. The molecule has 0 bridgehead atoms. The van der Waals surface area contributed by atoms with Crippen molar-refractivity contribution in [2.45, 2.75) is 57.9 Å². The Balaban J connectivity index is 1.70. The summed E-state index contributed by atoms with van der Waals surface area (Å²) in [6.45, 7) is 5.30. The molecular formula is C21H29N3O3. The number of para-hydroxylation sites is 1. The van der Waals surface area contributed by atoms with Gasteiger partial charge in [0, 0.05) is 25.2 Å². The number of benzene rings is 1. The van der Waals surface area contributed by atoms with Crippen molar-refractivity contribution in [3.8, 4) is 0 Å². The summed E-state index contributed by atoms with van der Waals surface area (Å²) in [5.41, 5.74) is 2.04. The van der Waals surface area contributed by atoms with Gasteiger partial charge in [0.15, 0.2) is 0 Å². The maximum atomic E-state index is 12.7. The lowest BCUT2D eigenvalue weighted by atomic mass is 9.96. The van der Waals surface area contributed by atoms with Crippen molar-refractivity contribution < 1.29 is 14.4 Å². The summed E-state index contributed by atoms with van der Waals surface area (Å²) < 4.78 is 0. The molecule has 0 spiro atoms. The normalized spacial score (nSPS) is 24.3. The molecule has 2 heterocycles. The second-order valence-electron chi connectivity index (χ2n) is 7.62. The molecule has 0 saturated carbocycles. The number of rotatable bonds is 5. The number of nitrogens with zero attached hydrogens (tertiary/aromatic N) is 1. The van der Waals surface area contributed by atoms with E-state index in [-0.39, 0.29) is 24.1 Å². The standard InChI is InChI=1S/C21H29N3O3/c1-3-14(2)16-8-4-5-10-18(16)24-13-15(12-19(24)25)20(26)23-17-9-6-7-11-22-21(17)27/h4-5,8,10,14-15,17H,3,6-7,9,11-13H2,1-2H3,(H,22,27)(H,23,26)/t14-,15-,17-/m0/s1. The van der Waals surface area contributed by atoms with Crippen molar-refractivity contribution in [3.05, 3.63) is 29.8 Å². The van der Waals surface area contributed by atoms with Gasteiger partial charge in [-0.1, -0.05) is 32.0 Å². The van der Waals surface area contributed by atoms with Crippen LogP contribution in [0.3, 0.4) is 0 Å². The predicted octanol–water partition coefficient (Wildman–Crippen LogP) is 2.34. The fraction of sp³-hybridized carbons (Fsp3) is 0.571. The minimum absolute atomic E-state index is 0.0313. The van der Waals surface area contributed by atoms with E-state index in [1.165, 1.54) is 0 Å². The molecule has 3 atom stereocenters. The van der Waals surface area contributed by atoms with E-state index >= 15 is 0 Å². The molecule has 1 aromatic carbocycles. The Bertz CT molecular complexity index is 718. The molecule has 0 aliphatic carbocycles. The first-order chi connectivity index (χ1) is 13.0.